The third-order valence-corrected chi connectivity index (χ3v) is 2.44. The molecular weight excluding hydrogens is 260 g/mol. The van der Waals surface area contributed by atoms with Crippen LogP contribution in [-0.4, -0.2) is 45.2 Å². The number of hydrogen-bond donors (Lipinski definition) is 1. The molecule has 0 aliphatic rings. The smallest absolute Gasteiger partial charge is 0.361 e. The lowest BCUT2D eigenvalue weighted by molar-refractivity contribution is 0.230. The van der Waals surface area contributed by atoms with E-state index >= 15 is 0 Å². The molecule has 2 amide bonds. The van der Waals surface area contributed by atoms with Crippen LogP contribution in [0.5, 0.6) is 11.8 Å². The SMILES string of the molecule is CCn1nnc(Oc2ccc(NC(=O)N(C)C)cc2)n1. The van der Waals surface area contributed by atoms with Gasteiger partial charge in [-0.05, 0) is 36.4 Å². The fourth-order valence-corrected chi connectivity index (χ4v) is 1.35. The van der Waals surface area contributed by atoms with Crippen molar-refractivity contribution >= 4 is 11.7 Å². The van der Waals surface area contributed by atoms with Gasteiger partial charge in [0.2, 0.25) is 0 Å². The van der Waals surface area contributed by atoms with Crippen LogP contribution in [0.2, 0.25) is 0 Å². The Balaban J connectivity index is 1.99. The highest BCUT2D eigenvalue weighted by atomic mass is 16.5. The molecule has 1 N–H and O–H groups in total. The van der Waals surface area contributed by atoms with Gasteiger partial charge in [0, 0.05) is 19.8 Å². The van der Waals surface area contributed by atoms with Crippen molar-refractivity contribution < 1.29 is 9.53 Å². The highest BCUT2D eigenvalue weighted by Crippen LogP contribution is 2.19. The van der Waals surface area contributed by atoms with Crippen LogP contribution in [0.4, 0.5) is 10.5 Å². The summed E-state index contributed by atoms with van der Waals surface area (Å²) in [5, 5.41) is 14.3. The minimum atomic E-state index is -0.189. The first-order valence-corrected chi connectivity index (χ1v) is 6.12. The van der Waals surface area contributed by atoms with Crippen LogP contribution in [0.3, 0.4) is 0 Å². The molecule has 20 heavy (non-hydrogen) atoms. The van der Waals surface area contributed by atoms with Crippen LogP contribution in [0.25, 0.3) is 0 Å². The Labute approximate surface area is 116 Å². The molecular formula is C12H16N6O2. The normalized spacial score (nSPS) is 10.2. The maximum Gasteiger partial charge on any atom is 0.361 e. The largest absolute Gasteiger partial charge is 0.422 e. The first kappa shape index (κ1) is 13.8. The standard InChI is InChI=1S/C12H16N6O2/c1-4-18-15-11(14-16-18)20-10-7-5-9(6-8-10)13-12(19)17(2)3/h5-8H,4H2,1-3H3,(H,13,19). The number of benzene rings is 1. The molecule has 1 heterocycles. The van der Waals surface area contributed by atoms with Crippen LogP contribution in [0.15, 0.2) is 24.3 Å². The number of nitrogens with one attached hydrogen (secondary N) is 1. The fraction of sp³-hybridized carbons (Fsp3) is 0.333. The summed E-state index contributed by atoms with van der Waals surface area (Å²) in [6.07, 6.45) is 0. The number of amides is 2. The number of nitrogens with zero attached hydrogens (tertiary/aromatic N) is 5. The third kappa shape index (κ3) is 3.44. The molecule has 0 fully saturated rings. The molecule has 1 aromatic carbocycles. The first-order valence-electron chi connectivity index (χ1n) is 6.12. The van der Waals surface area contributed by atoms with Crippen LogP contribution in [0.1, 0.15) is 6.92 Å². The summed E-state index contributed by atoms with van der Waals surface area (Å²) in [4.78, 5) is 14.4. The van der Waals surface area contributed by atoms with E-state index in [1.165, 1.54) is 9.70 Å². The number of aromatic nitrogens is 4. The zero-order valence-corrected chi connectivity index (χ0v) is 11.6. The number of urea groups is 1. The van der Waals surface area contributed by atoms with E-state index in [0.29, 0.717) is 18.0 Å². The lowest BCUT2D eigenvalue weighted by atomic mass is 10.3. The molecule has 8 heteroatoms. The number of anilines is 1. The maximum atomic E-state index is 11.5. The molecule has 0 atom stereocenters. The third-order valence-electron chi connectivity index (χ3n) is 2.44. The second-order valence-corrected chi connectivity index (χ2v) is 4.21. The monoisotopic (exact) mass is 276 g/mol. The molecule has 2 aromatic rings. The molecule has 0 aliphatic carbocycles. The van der Waals surface area contributed by atoms with Crippen LogP contribution in [0, 0.1) is 0 Å². The van der Waals surface area contributed by atoms with E-state index in [1.54, 1.807) is 38.4 Å². The zero-order valence-electron chi connectivity index (χ0n) is 11.6. The summed E-state index contributed by atoms with van der Waals surface area (Å²) in [6, 6.07) is 6.92. The van der Waals surface area contributed by atoms with Crippen molar-refractivity contribution in [3.05, 3.63) is 24.3 Å². The van der Waals surface area contributed by atoms with Gasteiger partial charge in [-0.3, -0.25) is 0 Å². The lowest BCUT2D eigenvalue weighted by Gasteiger charge is -2.12. The van der Waals surface area contributed by atoms with Gasteiger partial charge in [0.05, 0.1) is 6.54 Å². The molecule has 0 radical (unpaired) electrons. The zero-order chi connectivity index (χ0) is 14.5. The van der Waals surface area contributed by atoms with Gasteiger partial charge in [-0.15, -0.1) is 0 Å². The molecule has 106 valence electrons. The van der Waals surface area contributed by atoms with Gasteiger partial charge < -0.3 is 15.0 Å². The number of carbonyl (C=O) groups is 1. The minimum absolute atomic E-state index is 0.189. The van der Waals surface area contributed by atoms with Gasteiger partial charge in [-0.25, -0.2) is 4.79 Å². The summed E-state index contributed by atoms with van der Waals surface area (Å²) in [6.45, 7) is 2.54. The van der Waals surface area contributed by atoms with Gasteiger partial charge in [-0.2, -0.15) is 4.80 Å². The number of hydrogen-bond acceptors (Lipinski definition) is 5. The van der Waals surface area contributed by atoms with E-state index in [2.05, 4.69) is 20.7 Å². The van der Waals surface area contributed by atoms with Crippen molar-refractivity contribution in [3.63, 3.8) is 0 Å². The van der Waals surface area contributed by atoms with Crippen molar-refractivity contribution in [2.75, 3.05) is 19.4 Å². The van der Waals surface area contributed by atoms with Gasteiger partial charge in [0.1, 0.15) is 5.75 Å². The number of ether oxygens (including phenoxy) is 1. The molecule has 1 aromatic heterocycles. The highest BCUT2D eigenvalue weighted by Gasteiger charge is 2.06. The second-order valence-electron chi connectivity index (χ2n) is 4.21. The fourth-order valence-electron chi connectivity index (χ4n) is 1.35. The first-order chi connectivity index (χ1) is 9.58. The predicted octanol–water partition coefficient (Wildman–Crippen LogP) is 1.58. The van der Waals surface area contributed by atoms with Crippen molar-refractivity contribution in [2.24, 2.45) is 0 Å². The molecule has 0 unspecified atom stereocenters. The topological polar surface area (TPSA) is 85.2 Å². The summed E-state index contributed by atoms with van der Waals surface area (Å²) < 4.78 is 5.44. The summed E-state index contributed by atoms with van der Waals surface area (Å²) in [5.74, 6) is 0.573. The Morgan fingerprint density at radius 1 is 1.35 bits per heavy atom. The van der Waals surface area contributed by atoms with Gasteiger partial charge >= 0.3 is 12.0 Å². The van der Waals surface area contributed by atoms with Gasteiger partial charge in [0.25, 0.3) is 0 Å². The van der Waals surface area contributed by atoms with Crippen LogP contribution in [-0.2, 0) is 6.54 Å². The van der Waals surface area contributed by atoms with Crippen molar-refractivity contribution in [3.8, 4) is 11.8 Å². The molecule has 0 spiro atoms. The Kier molecular flexibility index (Phi) is 4.14. The summed E-state index contributed by atoms with van der Waals surface area (Å²) in [5.41, 5.74) is 0.682. The average molecular weight is 276 g/mol. The Morgan fingerprint density at radius 2 is 2.05 bits per heavy atom. The van der Waals surface area contributed by atoms with E-state index < -0.39 is 0 Å². The quantitative estimate of drug-likeness (QED) is 0.916. The second kappa shape index (κ2) is 6.00. The molecule has 0 saturated carbocycles. The molecule has 2 rings (SSSR count). The minimum Gasteiger partial charge on any atom is -0.422 e. The number of rotatable bonds is 4. The van der Waals surface area contributed by atoms with E-state index in [0.717, 1.165) is 0 Å². The molecule has 0 aliphatic heterocycles. The lowest BCUT2D eigenvalue weighted by Crippen LogP contribution is -2.27. The van der Waals surface area contributed by atoms with Crippen molar-refractivity contribution in [2.45, 2.75) is 13.5 Å². The van der Waals surface area contributed by atoms with Crippen molar-refractivity contribution in [1.29, 1.82) is 0 Å². The molecule has 0 bridgehead atoms. The Bertz CT molecular complexity index is 578. The van der Waals surface area contributed by atoms with E-state index in [9.17, 15) is 4.79 Å². The van der Waals surface area contributed by atoms with Gasteiger partial charge in [0.15, 0.2) is 0 Å². The summed E-state index contributed by atoms with van der Waals surface area (Å²) >= 11 is 0. The highest BCUT2D eigenvalue weighted by molar-refractivity contribution is 5.88. The molecule has 0 saturated heterocycles. The van der Waals surface area contributed by atoms with E-state index in [-0.39, 0.29) is 12.0 Å². The van der Waals surface area contributed by atoms with Crippen LogP contribution < -0.4 is 10.1 Å². The number of tetrazole rings is 1. The van der Waals surface area contributed by atoms with E-state index in [1.807, 2.05) is 6.92 Å². The van der Waals surface area contributed by atoms with Gasteiger partial charge in [-0.1, -0.05) is 10.2 Å². The number of aryl methyl sites for hydroxylation is 1. The van der Waals surface area contributed by atoms with Crippen molar-refractivity contribution in [1.82, 2.24) is 25.1 Å². The average Bonchev–Trinajstić information content (AvgIpc) is 2.88. The number of carbonyl (C=O) groups excluding carboxylic acids is 1. The van der Waals surface area contributed by atoms with E-state index in [4.69, 9.17) is 4.74 Å². The Hall–Kier alpha value is -2.64. The van der Waals surface area contributed by atoms with Crippen LogP contribution >= 0.6 is 0 Å². The summed E-state index contributed by atoms with van der Waals surface area (Å²) in [7, 11) is 3.35. The Morgan fingerprint density at radius 3 is 2.60 bits per heavy atom. The maximum absolute atomic E-state index is 11.5. The predicted molar refractivity (Wildman–Crippen MR) is 72.7 cm³/mol. The molecule has 8 nitrogen and oxygen atoms in total.